The Morgan fingerprint density at radius 3 is 2.80 bits per heavy atom. The molecule has 3 N–H and O–H groups in total. The van der Waals surface area contributed by atoms with E-state index in [1.807, 2.05) is 11.9 Å². The number of aldehydes is 1. The molecule has 3 amide bonds. The zero-order valence-electron chi connectivity index (χ0n) is 22.6. The molecule has 0 aromatic carbocycles. The van der Waals surface area contributed by atoms with Gasteiger partial charge in [-0.1, -0.05) is 0 Å². The summed E-state index contributed by atoms with van der Waals surface area (Å²) in [5.74, 6) is 0.158. The Hall–Kier alpha value is -4.15. The monoisotopic (exact) mass is 562 g/mol. The van der Waals surface area contributed by atoms with E-state index in [2.05, 4.69) is 26.7 Å². The van der Waals surface area contributed by atoms with Gasteiger partial charge >= 0.3 is 6.03 Å². The standard InChI is InChI=1S/C28H31FN8O4/c1-35-5-6-36(25(40)14-35)13-16-7-19-26(33-22(16)15-38)37(18-9-28(19,29)10-18)27(41)34-24-8-21(17(11-30)12-31-24)32-20-3-2-4-23(20)39/h7-8,12,15,18,20,23,39H,2-6,9-10,13-14H2,1H3,(H2,31,32,34,41). The highest BCUT2D eigenvalue weighted by Gasteiger charge is 2.57. The van der Waals surface area contributed by atoms with Gasteiger partial charge < -0.3 is 15.3 Å². The number of urea groups is 1. The van der Waals surface area contributed by atoms with Crippen LogP contribution >= 0.6 is 0 Å². The van der Waals surface area contributed by atoms with Gasteiger partial charge in [-0.3, -0.25) is 24.7 Å². The molecule has 3 fully saturated rings. The predicted molar refractivity (Wildman–Crippen MR) is 146 cm³/mol. The summed E-state index contributed by atoms with van der Waals surface area (Å²) in [5.41, 5.74) is -0.233. The third kappa shape index (κ3) is 4.87. The van der Waals surface area contributed by atoms with Crippen LogP contribution in [0.15, 0.2) is 18.3 Å². The summed E-state index contributed by atoms with van der Waals surface area (Å²) in [5, 5.41) is 25.7. The van der Waals surface area contributed by atoms with E-state index in [0.717, 1.165) is 12.8 Å². The van der Waals surface area contributed by atoms with Crippen LogP contribution in [0.1, 0.15) is 59.3 Å². The summed E-state index contributed by atoms with van der Waals surface area (Å²) in [6.07, 6.45) is 3.85. The zero-order chi connectivity index (χ0) is 28.9. The lowest BCUT2D eigenvalue weighted by Crippen LogP contribution is -2.60. The number of halogens is 1. The minimum Gasteiger partial charge on any atom is -0.391 e. The molecule has 12 nitrogen and oxygen atoms in total. The first-order valence-electron chi connectivity index (χ1n) is 13.8. The lowest BCUT2D eigenvalue weighted by atomic mass is 9.68. The number of nitriles is 1. The van der Waals surface area contributed by atoms with Crippen molar-refractivity contribution in [3.05, 3.63) is 40.7 Å². The van der Waals surface area contributed by atoms with E-state index >= 15 is 4.39 Å². The predicted octanol–water partition coefficient (Wildman–Crippen LogP) is 2.14. The molecule has 5 aliphatic rings. The normalized spacial score (nSPS) is 27.1. The van der Waals surface area contributed by atoms with Crippen LogP contribution < -0.4 is 15.5 Å². The number of carbonyl (C=O) groups is 3. The largest absolute Gasteiger partial charge is 0.391 e. The molecular formula is C28H31FN8O4. The van der Waals surface area contributed by atoms with Crippen molar-refractivity contribution in [1.82, 2.24) is 19.8 Å². The average molecular weight is 563 g/mol. The molecule has 2 aliphatic carbocycles. The number of hydrogen-bond donors (Lipinski definition) is 3. The van der Waals surface area contributed by atoms with Crippen molar-refractivity contribution >= 4 is 35.5 Å². The number of carbonyl (C=O) groups excluding carboxylic acids is 3. The number of nitrogens with one attached hydrogen (secondary N) is 2. The minimum absolute atomic E-state index is 0.0521. The van der Waals surface area contributed by atoms with E-state index in [-0.39, 0.29) is 66.3 Å². The molecule has 13 heteroatoms. The van der Waals surface area contributed by atoms with Crippen LogP contribution in [0.2, 0.25) is 0 Å². The zero-order valence-corrected chi connectivity index (χ0v) is 22.6. The first kappa shape index (κ1) is 27.0. The quantitative estimate of drug-likeness (QED) is 0.449. The third-order valence-electron chi connectivity index (χ3n) is 8.59. The second kappa shape index (κ2) is 10.4. The van der Waals surface area contributed by atoms with Crippen molar-refractivity contribution in [2.24, 2.45) is 0 Å². The van der Waals surface area contributed by atoms with Crippen LogP contribution in [-0.4, -0.2) is 88.0 Å². The second-order valence-electron chi connectivity index (χ2n) is 11.4. The molecular weight excluding hydrogens is 531 g/mol. The fourth-order valence-electron chi connectivity index (χ4n) is 6.24. The van der Waals surface area contributed by atoms with Gasteiger partial charge in [0.15, 0.2) is 6.29 Å². The molecule has 5 heterocycles. The molecule has 2 saturated carbocycles. The number of pyridine rings is 2. The van der Waals surface area contributed by atoms with Gasteiger partial charge in [0.25, 0.3) is 0 Å². The first-order valence-corrected chi connectivity index (χ1v) is 13.8. The highest BCUT2D eigenvalue weighted by atomic mass is 19.1. The number of piperazine rings is 1. The van der Waals surface area contributed by atoms with E-state index in [1.54, 1.807) is 11.0 Å². The number of amides is 3. The SMILES string of the molecule is CN1CCN(Cc2cc3c(nc2C=O)N(C(=O)Nc2cc(NC4CCCC4O)c(C#N)cn2)C2CC3(F)C2)C(=O)C1. The number of aliphatic hydroxyl groups excluding tert-OH is 1. The maximum Gasteiger partial charge on any atom is 0.328 e. The molecule has 1 saturated heterocycles. The summed E-state index contributed by atoms with van der Waals surface area (Å²) >= 11 is 0. The Labute approximate surface area is 236 Å². The van der Waals surface area contributed by atoms with Gasteiger partial charge in [0.05, 0.1) is 29.9 Å². The molecule has 2 aromatic heterocycles. The number of likely N-dealkylation sites (N-methyl/N-ethyl adjacent to an activating group) is 1. The molecule has 3 aliphatic heterocycles. The maximum atomic E-state index is 15.8. The number of anilines is 3. The lowest BCUT2D eigenvalue weighted by Gasteiger charge is -2.52. The van der Waals surface area contributed by atoms with Gasteiger partial charge in [-0.05, 0) is 32.4 Å². The van der Waals surface area contributed by atoms with Crippen molar-refractivity contribution in [2.75, 3.05) is 42.2 Å². The summed E-state index contributed by atoms with van der Waals surface area (Å²) in [7, 11) is 1.86. The number of nitrogens with zero attached hydrogens (tertiary/aromatic N) is 6. The van der Waals surface area contributed by atoms with Crippen molar-refractivity contribution in [3.8, 4) is 6.07 Å². The number of alkyl halides is 1. The smallest absolute Gasteiger partial charge is 0.328 e. The van der Waals surface area contributed by atoms with E-state index in [9.17, 15) is 24.8 Å². The number of aromatic nitrogens is 2. The second-order valence-corrected chi connectivity index (χ2v) is 11.4. The van der Waals surface area contributed by atoms with Gasteiger partial charge in [0.2, 0.25) is 5.91 Å². The molecule has 0 spiro atoms. The van der Waals surface area contributed by atoms with Crippen LogP contribution in [0.4, 0.5) is 26.5 Å². The van der Waals surface area contributed by atoms with Crippen LogP contribution in [0.5, 0.6) is 0 Å². The van der Waals surface area contributed by atoms with Crippen LogP contribution in [0.25, 0.3) is 0 Å². The Bertz CT molecular complexity index is 1460. The topological polar surface area (TPSA) is 155 Å². The van der Waals surface area contributed by atoms with E-state index < -0.39 is 23.8 Å². The Kier molecular flexibility index (Phi) is 6.83. The van der Waals surface area contributed by atoms with E-state index in [0.29, 0.717) is 37.0 Å². The lowest BCUT2D eigenvalue weighted by molar-refractivity contribution is -0.136. The van der Waals surface area contributed by atoms with Crippen LogP contribution in [0, 0.1) is 11.3 Å². The molecule has 2 unspecified atom stereocenters. The maximum absolute atomic E-state index is 15.8. The molecule has 7 rings (SSSR count). The fourth-order valence-corrected chi connectivity index (χ4v) is 6.24. The van der Waals surface area contributed by atoms with Gasteiger partial charge in [0, 0.05) is 61.9 Å². The van der Waals surface area contributed by atoms with Crippen LogP contribution in [0.3, 0.4) is 0 Å². The summed E-state index contributed by atoms with van der Waals surface area (Å²) in [4.78, 5) is 51.6. The van der Waals surface area contributed by atoms with Crippen molar-refractivity contribution < 1.29 is 23.9 Å². The van der Waals surface area contributed by atoms with Gasteiger partial charge in [-0.2, -0.15) is 5.26 Å². The summed E-state index contributed by atoms with van der Waals surface area (Å²) < 4.78 is 15.8. The van der Waals surface area contributed by atoms with Gasteiger partial charge in [0.1, 0.15) is 29.1 Å². The molecule has 0 radical (unpaired) electrons. The Morgan fingerprint density at radius 1 is 1.32 bits per heavy atom. The highest BCUT2D eigenvalue weighted by molar-refractivity contribution is 6.03. The molecule has 2 atom stereocenters. The van der Waals surface area contributed by atoms with Crippen molar-refractivity contribution in [2.45, 2.75) is 62.5 Å². The molecule has 214 valence electrons. The number of rotatable bonds is 6. The van der Waals surface area contributed by atoms with E-state index in [1.165, 1.54) is 17.2 Å². The Morgan fingerprint density at radius 2 is 2.12 bits per heavy atom. The highest BCUT2D eigenvalue weighted by Crippen LogP contribution is 2.56. The summed E-state index contributed by atoms with van der Waals surface area (Å²) in [6.45, 7) is 1.56. The van der Waals surface area contributed by atoms with Crippen molar-refractivity contribution in [1.29, 1.82) is 5.26 Å². The molecule has 2 bridgehead atoms. The third-order valence-corrected chi connectivity index (χ3v) is 8.59. The summed E-state index contributed by atoms with van der Waals surface area (Å²) in [6, 6.07) is 3.92. The fraction of sp³-hybridized carbons (Fsp3) is 0.500. The molecule has 2 aromatic rings. The van der Waals surface area contributed by atoms with Gasteiger partial charge in [-0.15, -0.1) is 0 Å². The van der Waals surface area contributed by atoms with Crippen molar-refractivity contribution in [3.63, 3.8) is 0 Å². The first-order chi connectivity index (χ1) is 19.7. The average Bonchev–Trinajstić information content (AvgIpc) is 3.33. The van der Waals surface area contributed by atoms with Gasteiger partial charge in [-0.25, -0.2) is 19.2 Å². The molecule has 41 heavy (non-hydrogen) atoms. The van der Waals surface area contributed by atoms with Crippen LogP contribution in [-0.2, 0) is 17.0 Å². The number of aliphatic hydroxyl groups is 1. The van der Waals surface area contributed by atoms with E-state index in [4.69, 9.17) is 0 Å². The Balaban J connectivity index is 1.26. The number of hydrogen-bond acceptors (Lipinski definition) is 9. The minimum atomic E-state index is -1.67.